The van der Waals surface area contributed by atoms with Gasteiger partial charge in [-0.15, -0.1) is 0 Å². The zero-order valence-electron chi connectivity index (χ0n) is 9.55. The molecule has 0 radical (unpaired) electrons. The summed E-state index contributed by atoms with van der Waals surface area (Å²) in [5.74, 6) is -0.189. The van der Waals surface area contributed by atoms with Gasteiger partial charge in [0.05, 0.1) is 0 Å². The van der Waals surface area contributed by atoms with Gasteiger partial charge in [0.25, 0.3) is 0 Å². The molecule has 1 aromatic rings. The van der Waals surface area contributed by atoms with E-state index in [0.29, 0.717) is 24.6 Å². The number of aromatic nitrogens is 2. The molecular weight excluding hydrogens is 220 g/mol. The predicted octanol–water partition coefficient (Wildman–Crippen LogP) is 1.26. The molecule has 0 aromatic carbocycles. The SMILES string of the molecule is CC(CCC(=O)O)CNc1nccc(C#N)n1. The zero-order chi connectivity index (χ0) is 12.7. The molecule has 1 atom stereocenters. The lowest BCUT2D eigenvalue weighted by molar-refractivity contribution is -0.137. The van der Waals surface area contributed by atoms with Gasteiger partial charge in [0.2, 0.25) is 5.95 Å². The number of rotatable bonds is 6. The zero-order valence-corrected chi connectivity index (χ0v) is 9.55. The fourth-order valence-corrected chi connectivity index (χ4v) is 1.24. The van der Waals surface area contributed by atoms with Crippen molar-refractivity contribution in [2.24, 2.45) is 5.92 Å². The van der Waals surface area contributed by atoms with Gasteiger partial charge in [0.15, 0.2) is 0 Å². The van der Waals surface area contributed by atoms with Crippen LogP contribution in [0.3, 0.4) is 0 Å². The van der Waals surface area contributed by atoms with Crippen LogP contribution in [0.2, 0.25) is 0 Å². The molecule has 0 aliphatic carbocycles. The molecule has 0 saturated carbocycles. The van der Waals surface area contributed by atoms with E-state index in [0.717, 1.165) is 0 Å². The van der Waals surface area contributed by atoms with E-state index >= 15 is 0 Å². The summed E-state index contributed by atoms with van der Waals surface area (Å²) in [4.78, 5) is 18.3. The maximum atomic E-state index is 10.4. The molecule has 1 heterocycles. The van der Waals surface area contributed by atoms with Crippen molar-refractivity contribution in [3.8, 4) is 6.07 Å². The van der Waals surface area contributed by atoms with Crippen molar-refractivity contribution in [1.29, 1.82) is 5.26 Å². The van der Waals surface area contributed by atoms with Gasteiger partial charge in [-0.25, -0.2) is 9.97 Å². The first-order chi connectivity index (χ1) is 8.11. The van der Waals surface area contributed by atoms with E-state index in [-0.39, 0.29) is 12.3 Å². The van der Waals surface area contributed by atoms with Gasteiger partial charge in [-0.2, -0.15) is 5.26 Å². The number of carboxylic acids is 1. The molecule has 1 unspecified atom stereocenters. The Kier molecular flexibility index (Phi) is 4.88. The number of hydrogen-bond acceptors (Lipinski definition) is 5. The van der Waals surface area contributed by atoms with Crippen molar-refractivity contribution in [1.82, 2.24) is 9.97 Å². The highest BCUT2D eigenvalue weighted by Crippen LogP contribution is 2.07. The van der Waals surface area contributed by atoms with E-state index in [2.05, 4.69) is 15.3 Å². The molecule has 17 heavy (non-hydrogen) atoms. The lowest BCUT2D eigenvalue weighted by Crippen LogP contribution is -2.14. The molecule has 6 heteroatoms. The third-order valence-electron chi connectivity index (χ3n) is 2.23. The first kappa shape index (κ1) is 12.9. The quantitative estimate of drug-likeness (QED) is 0.768. The van der Waals surface area contributed by atoms with Crippen molar-refractivity contribution in [2.45, 2.75) is 19.8 Å². The minimum atomic E-state index is -0.792. The lowest BCUT2D eigenvalue weighted by atomic mass is 10.1. The molecule has 0 amide bonds. The molecular formula is C11H14N4O2. The van der Waals surface area contributed by atoms with E-state index in [1.54, 1.807) is 0 Å². The summed E-state index contributed by atoms with van der Waals surface area (Å²) in [7, 11) is 0. The van der Waals surface area contributed by atoms with Gasteiger partial charge in [-0.3, -0.25) is 4.79 Å². The second kappa shape index (κ2) is 6.43. The third-order valence-corrected chi connectivity index (χ3v) is 2.23. The Morgan fingerprint density at radius 1 is 1.71 bits per heavy atom. The maximum absolute atomic E-state index is 10.4. The van der Waals surface area contributed by atoms with Crippen LogP contribution in [0.25, 0.3) is 0 Å². The van der Waals surface area contributed by atoms with E-state index in [9.17, 15) is 4.79 Å². The van der Waals surface area contributed by atoms with Gasteiger partial charge >= 0.3 is 5.97 Å². The molecule has 0 bridgehead atoms. The van der Waals surface area contributed by atoms with Crippen LogP contribution in [0, 0.1) is 17.2 Å². The number of carbonyl (C=O) groups is 1. The molecule has 0 aliphatic heterocycles. The van der Waals surface area contributed by atoms with E-state index in [1.165, 1.54) is 12.3 Å². The average molecular weight is 234 g/mol. The topological polar surface area (TPSA) is 98.9 Å². The monoisotopic (exact) mass is 234 g/mol. The summed E-state index contributed by atoms with van der Waals surface area (Å²) in [6.07, 6.45) is 2.26. The molecule has 90 valence electrons. The third kappa shape index (κ3) is 4.93. The molecule has 2 N–H and O–H groups in total. The minimum Gasteiger partial charge on any atom is -0.481 e. The standard InChI is InChI=1S/C11H14N4O2/c1-8(2-3-10(16)17)7-14-11-13-5-4-9(6-12)15-11/h4-5,8H,2-3,7H2,1H3,(H,16,17)(H,13,14,15). The lowest BCUT2D eigenvalue weighted by Gasteiger charge is -2.10. The van der Waals surface area contributed by atoms with E-state index < -0.39 is 5.97 Å². The number of hydrogen-bond donors (Lipinski definition) is 2. The maximum Gasteiger partial charge on any atom is 0.303 e. The highest BCUT2D eigenvalue weighted by atomic mass is 16.4. The first-order valence-corrected chi connectivity index (χ1v) is 5.30. The van der Waals surface area contributed by atoms with Gasteiger partial charge in [0.1, 0.15) is 11.8 Å². The Hall–Kier alpha value is -2.16. The Balaban J connectivity index is 2.39. The number of carboxylic acid groups (broad SMARTS) is 1. The normalized spacial score (nSPS) is 11.5. The summed E-state index contributed by atoms with van der Waals surface area (Å²) in [6, 6.07) is 3.45. The Morgan fingerprint density at radius 3 is 3.12 bits per heavy atom. The van der Waals surface area contributed by atoms with E-state index in [4.69, 9.17) is 10.4 Å². The van der Waals surface area contributed by atoms with Crippen LogP contribution in [-0.4, -0.2) is 27.6 Å². The number of nitrogens with zero attached hydrogens (tertiary/aromatic N) is 3. The van der Waals surface area contributed by atoms with Gasteiger partial charge in [-0.1, -0.05) is 6.92 Å². The summed E-state index contributed by atoms with van der Waals surface area (Å²) in [5, 5.41) is 20.2. The Bertz CT molecular complexity index is 428. The molecule has 0 saturated heterocycles. The second-order valence-corrected chi connectivity index (χ2v) is 3.80. The number of nitrogens with one attached hydrogen (secondary N) is 1. The highest BCUT2D eigenvalue weighted by molar-refractivity contribution is 5.66. The van der Waals surface area contributed by atoms with Crippen LogP contribution in [0.4, 0.5) is 5.95 Å². The fourth-order valence-electron chi connectivity index (χ4n) is 1.24. The van der Waals surface area contributed by atoms with Crippen LogP contribution < -0.4 is 5.32 Å². The van der Waals surface area contributed by atoms with Gasteiger partial charge in [-0.05, 0) is 18.4 Å². The minimum absolute atomic E-state index is 0.155. The molecule has 0 fully saturated rings. The first-order valence-electron chi connectivity index (χ1n) is 5.30. The molecule has 1 rings (SSSR count). The van der Waals surface area contributed by atoms with Crippen LogP contribution in [0.1, 0.15) is 25.5 Å². The average Bonchev–Trinajstić information content (AvgIpc) is 2.34. The smallest absolute Gasteiger partial charge is 0.303 e. The van der Waals surface area contributed by atoms with E-state index in [1.807, 2.05) is 13.0 Å². The summed E-state index contributed by atoms with van der Waals surface area (Å²) in [5.41, 5.74) is 0.306. The molecule has 0 aliphatic rings. The van der Waals surface area contributed by atoms with Crippen molar-refractivity contribution in [3.05, 3.63) is 18.0 Å². The molecule has 0 spiro atoms. The van der Waals surface area contributed by atoms with Crippen molar-refractivity contribution < 1.29 is 9.90 Å². The van der Waals surface area contributed by atoms with Crippen molar-refractivity contribution >= 4 is 11.9 Å². The van der Waals surface area contributed by atoms with Gasteiger partial charge in [0, 0.05) is 19.2 Å². The largest absolute Gasteiger partial charge is 0.481 e. The highest BCUT2D eigenvalue weighted by Gasteiger charge is 2.06. The van der Waals surface area contributed by atoms with Crippen molar-refractivity contribution in [3.63, 3.8) is 0 Å². The van der Waals surface area contributed by atoms with Crippen LogP contribution in [-0.2, 0) is 4.79 Å². The Labute approximate surface area is 99.3 Å². The van der Waals surface area contributed by atoms with Crippen molar-refractivity contribution in [2.75, 3.05) is 11.9 Å². The molecule has 1 aromatic heterocycles. The molecule has 6 nitrogen and oxygen atoms in total. The Morgan fingerprint density at radius 2 is 2.47 bits per heavy atom. The van der Waals surface area contributed by atoms with Crippen LogP contribution in [0.15, 0.2) is 12.3 Å². The van der Waals surface area contributed by atoms with Crippen LogP contribution >= 0.6 is 0 Å². The fraction of sp³-hybridized carbons (Fsp3) is 0.455. The second-order valence-electron chi connectivity index (χ2n) is 3.80. The van der Waals surface area contributed by atoms with Crippen LogP contribution in [0.5, 0.6) is 0 Å². The van der Waals surface area contributed by atoms with Gasteiger partial charge < -0.3 is 10.4 Å². The number of nitriles is 1. The number of anilines is 1. The predicted molar refractivity (Wildman–Crippen MR) is 61.3 cm³/mol. The number of aliphatic carboxylic acids is 1. The summed E-state index contributed by atoms with van der Waals surface area (Å²) in [6.45, 7) is 2.53. The summed E-state index contributed by atoms with van der Waals surface area (Å²) < 4.78 is 0. The summed E-state index contributed by atoms with van der Waals surface area (Å²) >= 11 is 0.